The summed E-state index contributed by atoms with van der Waals surface area (Å²) < 4.78 is 5.25. The summed E-state index contributed by atoms with van der Waals surface area (Å²) in [5.74, 6) is 0.716. The zero-order valence-corrected chi connectivity index (χ0v) is 14.5. The van der Waals surface area contributed by atoms with Crippen LogP contribution in [-0.4, -0.2) is 18.0 Å². The van der Waals surface area contributed by atoms with Crippen molar-refractivity contribution in [2.24, 2.45) is 0 Å². The van der Waals surface area contributed by atoms with Crippen molar-refractivity contribution in [2.75, 3.05) is 7.11 Å². The smallest absolute Gasteiger partial charge is 0.261 e. The molecule has 0 saturated heterocycles. The zero-order chi connectivity index (χ0) is 16.5. The first-order chi connectivity index (χ1) is 11.7. The van der Waals surface area contributed by atoms with Crippen LogP contribution in [0.3, 0.4) is 0 Å². The van der Waals surface area contributed by atoms with Crippen LogP contribution in [0.15, 0.2) is 47.8 Å². The molecule has 4 rings (SSSR count). The van der Waals surface area contributed by atoms with Crippen molar-refractivity contribution < 1.29 is 9.53 Å². The highest BCUT2D eigenvalue weighted by atomic mass is 32.1. The van der Waals surface area contributed by atoms with Gasteiger partial charge < -0.3 is 10.1 Å². The number of carbonyl (C=O) groups is 1. The molecule has 0 radical (unpaired) electrons. The Morgan fingerprint density at radius 2 is 2.12 bits per heavy atom. The molecule has 4 nitrogen and oxygen atoms in total. The predicted octanol–water partition coefficient (Wildman–Crippen LogP) is 4.45. The van der Waals surface area contributed by atoms with Gasteiger partial charge in [-0.15, -0.1) is 22.7 Å². The van der Waals surface area contributed by atoms with E-state index in [1.165, 1.54) is 11.3 Å². The van der Waals surface area contributed by atoms with E-state index in [0.717, 1.165) is 31.7 Å². The molecule has 0 aliphatic carbocycles. The minimum absolute atomic E-state index is 0.0620. The number of ether oxygens (including phenoxy) is 1. The van der Waals surface area contributed by atoms with Crippen molar-refractivity contribution in [1.82, 2.24) is 10.3 Å². The second-order valence-corrected chi connectivity index (χ2v) is 7.38. The topological polar surface area (TPSA) is 51.2 Å². The van der Waals surface area contributed by atoms with E-state index in [9.17, 15) is 4.79 Å². The van der Waals surface area contributed by atoms with Crippen LogP contribution in [0.4, 0.5) is 0 Å². The van der Waals surface area contributed by atoms with Crippen LogP contribution in [0.25, 0.3) is 21.1 Å². The Morgan fingerprint density at radius 3 is 2.92 bits per heavy atom. The van der Waals surface area contributed by atoms with Gasteiger partial charge in [-0.1, -0.05) is 6.07 Å². The van der Waals surface area contributed by atoms with Gasteiger partial charge in [-0.25, -0.2) is 4.98 Å². The number of thiophene rings is 2. The highest BCUT2D eigenvalue weighted by Gasteiger charge is 2.12. The number of nitrogens with one attached hydrogen (secondary N) is 1. The molecule has 3 aromatic heterocycles. The molecule has 0 unspecified atom stereocenters. The largest absolute Gasteiger partial charge is 0.497 e. The molecule has 0 aliphatic rings. The van der Waals surface area contributed by atoms with E-state index in [-0.39, 0.29) is 5.91 Å². The second kappa shape index (κ2) is 6.22. The monoisotopic (exact) mass is 354 g/mol. The first-order valence-corrected chi connectivity index (χ1v) is 9.11. The Morgan fingerprint density at radius 1 is 1.21 bits per heavy atom. The number of aromatic nitrogens is 1. The second-order valence-electron chi connectivity index (χ2n) is 5.31. The van der Waals surface area contributed by atoms with Gasteiger partial charge in [0, 0.05) is 21.7 Å². The van der Waals surface area contributed by atoms with Crippen molar-refractivity contribution in [3.05, 3.63) is 57.6 Å². The molecule has 0 spiro atoms. The van der Waals surface area contributed by atoms with Crippen molar-refractivity contribution in [3.8, 4) is 5.75 Å². The summed E-state index contributed by atoms with van der Waals surface area (Å²) in [6.07, 6.45) is 0. The fourth-order valence-corrected chi connectivity index (χ4v) is 4.10. The van der Waals surface area contributed by atoms with E-state index in [4.69, 9.17) is 4.74 Å². The van der Waals surface area contributed by atoms with Crippen LogP contribution in [0.5, 0.6) is 5.75 Å². The first kappa shape index (κ1) is 15.1. The minimum Gasteiger partial charge on any atom is -0.497 e. The number of hydrogen-bond donors (Lipinski definition) is 1. The maximum absolute atomic E-state index is 12.4. The summed E-state index contributed by atoms with van der Waals surface area (Å²) in [6.45, 7) is 0.553. The van der Waals surface area contributed by atoms with E-state index in [0.29, 0.717) is 11.4 Å². The molecule has 0 atom stereocenters. The fourth-order valence-electron chi connectivity index (χ4n) is 2.51. The van der Waals surface area contributed by atoms with Gasteiger partial charge in [-0.05, 0) is 35.7 Å². The van der Waals surface area contributed by atoms with E-state index >= 15 is 0 Å². The molecule has 0 bridgehead atoms. The Labute approximate surface area is 146 Å². The molecule has 120 valence electrons. The fraction of sp³-hybridized carbons (Fsp3) is 0.111. The van der Waals surface area contributed by atoms with Crippen LogP contribution in [0.1, 0.15) is 14.5 Å². The number of rotatable bonds is 4. The van der Waals surface area contributed by atoms with E-state index in [1.807, 2.05) is 41.8 Å². The summed E-state index contributed by atoms with van der Waals surface area (Å²) in [5.41, 5.74) is 0.870. The van der Waals surface area contributed by atoms with Gasteiger partial charge in [-0.2, -0.15) is 0 Å². The highest BCUT2D eigenvalue weighted by molar-refractivity contribution is 7.20. The van der Waals surface area contributed by atoms with Crippen LogP contribution in [-0.2, 0) is 6.54 Å². The van der Waals surface area contributed by atoms with E-state index in [2.05, 4.69) is 16.4 Å². The molecule has 1 aromatic carbocycles. The molecule has 0 fully saturated rings. The quantitative estimate of drug-likeness (QED) is 0.589. The van der Waals surface area contributed by atoms with E-state index in [1.54, 1.807) is 18.4 Å². The molecule has 3 heterocycles. The number of hydrogen-bond acceptors (Lipinski definition) is 5. The van der Waals surface area contributed by atoms with Gasteiger partial charge in [-0.3, -0.25) is 4.79 Å². The number of amides is 1. The lowest BCUT2D eigenvalue weighted by molar-refractivity contribution is 0.0955. The summed E-state index contributed by atoms with van der Waals surface area (Å²) in [6, 6.07) is 13.8. The number of fused-ring (bicyclic) bond motifs is 2. The molecule has 1 amide bonds. The third-order valence-corrected chi connectivity index (χ3v) is 5.66. The standard InChI is InChI=1S/C18H14N2O2S2/c1-22-13-5-4-11-7-12-8-16(24-18(12)20-15(11)9-13)17(21)19-10-14-3-2-6-23-14/h2-9H,10H2,1H3,(H,19,21). The molecule has 1 N–H and O–H groups in total. The Kier molecular flexibility index (Phi) is 3.92. The average Bonchev–Trinajstić information content (AvgIpc) is 3.26. The molecule has 4 aromatic rings. The first-order valence-electron chi connectivity index (χ1n) is 7.42. The minimum atomic E-state index is -0.0620. The predicted molar refractivity (Wildman–Crippen MR) is 99.2 cm³/mol. The SMILES string of the molecule is COc1ccc2cc3cc(C(=O)NCc4cccs4)sc3nc2c1. The van der Waals surface area contributed by atoms with Gasteiger partial charge in [0.2, 0.25) is 0 Å². The number of methoxy groups -OCH3 is 1. The average molecular weight is 354 g/mol. The summed E-state index contributed by atoms with van der Waals surface area (Å²) >= 11 is 3.04. The molecule has 0 saturated carbocycles. The summed E-state index contributed by atoms with van der Waals surface area (Å²) in [7, 11) is 1.64. The zero-order valence-electron chi connectivity index (χ0n) is 12.9. The summed E-state index contributed by atoms with van der Waals surface area (Å²) in [5, 5.41) is 6.98. The van der Waals surface area contributed by atoms with Crippen molar-refractivity contribution in [3.63, 3.8) is 0 Å². The Hall–Kier alpha value is -2.44. The maximum atomic E-state index is 12.4. The normalized spacial score (nSPS) is 11.0. The third kappa shape index (κ3) is 2.86. The van der Waals surface area contributed by atoms with Gasteiger partial charge >= 0.3 is 0 Å². The van der Waals surface area contributed by atoms with Crippen LogP contribution >= 0.6 is 22.7 Å². The number of carbonyl (C=O) groups excluding carboxylic acids is 1. The van der Waals surface area contributed by atoms with Crippen molar-refractivity contribution in [2.45, 2.75) is 6.54 Å². The van der Waals surface area contributed by atoms with Crippen molar-refractivity contribution >= 4 is 49.7 Å². The molecule has 0 aliphatic heterocycles. The van der Waals surface area contributed by atoms with Crippen LogP contribution in [0, 0.1) is 0 Å². The molecule has 6 heteroatoms. The molecular weight excluding hydrogens is 340 g/mol. The Bertz CT molecular complexity index is 1020. The lowest BCUT2D eigenvalue weighted by atomic mass is 10.2. The molecule has 24 heavy (non-hydrogen) atoms. The van der Waals surface area contributed by atoms with Crippen LogP contribution < -0.4 is 10.1 Å². The Balaban J connectivity index is 1.64. The number of nitrogens with zero attached hydrogens (tertiary/aromatic N) is 1. The van der Waals surface area contributed by atoms with E-state index < -0.39 is 0 Å². The number of benzene rings is 1. The van der Waals surface area contributed by atoms with Crippen LogP contribution in [0.2, 0.25) is 0 Å². The van der Waals surface area contributed by atoms with Gasteiger partial charge in [0.1, 0.15) is 10.6 Å². The maximum Gasteiger partial charge on any atom is 0.261 e. The van der Waals surface area contributed by atoms with Gasteiger partial charge in [0.25, 0.3) is 5.91 Å². The van der Waals surface area contributed by atoms with Gasteiger partial charge in [0.05, 0.1) is 24.0 Å². The number of pyridine rings is 1. The molecular formula is C18H14N2O2S2. The van der Waals surface area contributed by atoms with Gasteiger partial charge in [0.15, 0.2) is 0 Å². The third-order valence-electron chi connectivity index (χ3n) is 3.74. The lowest BCUT2D eigenvalue weighted by Crippen LogP contribution is -2.21. The lowest BCUT2D eigenvalue weighted by Gasteiger charge is -2.01. The van der Waals surface area contributed by atoms with Crippen molar-refractivity contribution in [1.29, 1.82) is 0 Å². The summed E-state index contributed by atoms with van der Waals surface area (Å²) in [4.78, 5) is 19.7. The highest BCUT2D eigenvalue weighted by Crippen LogP contribution is 2.29.